The third-order valence-electron chi connectivity index (χ3n) is 3.41. The summed E-state index contributed by atoms with van der Waals surface area (Å²) < 4.78 is 11.1. The second-order valence-electron chi connectivity index (χ2n) is 4.86. The molecule has 1 aromatic carbocycles. The summed E-state index contributed by atoms with van der Waals surface area (Å²) in [5, 5.41) is 3.53. The van der Waals surface area contributed by atoms with E-state index in [2.05, 4.69) is 30.4 Å². The third-order valence-corrected chi connectivity index (χ3v) is 3.41. The van der Waals surface area contributed by atoms with Gasteiger partial charge in [0, 0.05) is 13.2 Å². The standard InChI is InChI=1S/C15H23NO2/c1-4-16-14-9-8-13-12(14)6-5-7-15(13)18-11(2)10-17-3/h5-7,11,14,16H,4,8-10H2,1-3H3. The van der Waals surface area contributed by atoms with E-state index in [0.29, 0.717) is 12.6 Å². The number of hydrogen-bond acceptors (Lipinski definition) is 3. The molecule has 0 spiro atoms. The smallest absolute Gasteiger partial charge is 0.123 e. The number of hydrogen-bond donors (Lipinski definition) is 1. The molecule has 18 heavy (non-hydrogen) atoms. The van der Waals surface area contributed by atoms with Gasteiger partial charge in [0.25, 0.3) is 0 Å². The molecular weight excluding hydrogens is 226 g/mol. The lowest BCUT2D eigenvalue weighted by Crippen LogP contribution is -2.19. The van der Waals surface area contributed by atoms with Crippen molar-refractivity contribution < 1.29 is 9.47 Å². The van der Waals surface area contributed by atoms with Crippen LogP contribution in [0.25, 0.3) is 0 Å². The fourth-order valence-electron chi connectivity index (χ4n) is 2.68. The molecule has 3 heteroatoms. The number of methoxy groups -OCH3 is 1. The Labute approximate surface area is 109 Å². The van der Waals surface area contributed by atoms with E-state index in [-0.39, 0.29) is 6.10 Å². The molecule has 1 aliphatic rings. The Bertz CT molecular complexity index is 392. The van der Waals surface area contributed by atoms with Crippen molar-refractivity contribution in [3.63, 3.8) is 0 Å². The van der Waals surface area contributed by atoms with Crippen molar-refractivity contribution >= 4 is 0 Å². The number of ether oxygens (including phenoxy) is 2. The van der Waals surface area contributed by atoms with Crippen LogP contribution in [-0.2, 0) is 11.2 Å². The van der Waals surface area contributed by atoms with E-state index < -0.39 is 0 Å². The Balaban J connectivity index is 2.14. The molecule has 0 radical (unpaired) electrons. The van der Waals surface area contributed by atoms with E-state index in [1.165, 1.54) is 17.5 Å². The summed E-state index contributed by atoms with van der Waals surface area (Å²) in [5.74, 6) is 1.03. The maximum atomic E-state index is 5.97. The summed E-state index contributed by atoms with van der Waals surface area (Å²) in [6.07, 6.45) is 2.37. The summed E-state index contributed by atoms with van der Waals surface area (Å²) >= 11 is 0. The van der Waals surface area contributed by atoms with Gasteiger partial charge in [-0.2, -0.15) is 0 Å². The van der Waals surface area contributed by atoms with Gasteiger partial charge in [-0.3, -0.25) is 0 Å². The van der Waals surface area contributed by atoms with Gasteiger partial charge in [0.15, 0.2) is 0 Å². The fraction of sp³-hybridized carbons (Fsp3) is 0.600. The number of benzene rings is 1. The van der Waals surface area contributed by atoms with Crippen LogP contribution < -0.4 is 10.1 Å². The Morgan fingerprint density at radius 2 is 2.28 bits per heavy atom. The average Bonchev–Trinajstić information content (AvgIpc) is 2.75. The summed E-state index contributed by atoms with van der Waals surface area (Å²) in [7, 11) is 1.70. The summed E-state index contributed by atoms with van der Waals surface area (Å²) in [5.41, 5.74) is 2.77. The Morgan fingerprint density at radius 1 is 1.44 bits per heavy atom. The molecule has 0 fully saturated rings. The van der Waals surface area contributed by atoms with Crippen LogP contribution in [0.1, 0.15) is 37.4 Å². The van der Waals surface area contributed by atoms with Crippen molar-refractivity contribution in [2.24, 2.45) is 0 Å². The summed E-state index contributed by atoms with van der Waals surface area (Å²) in [6, 6.07) is 6.86. The van der Waals surface area contributed by atoms with Gasteiger partial charge in [0.1, 0.15) is 11.9 Å². The van der Waals surface area contributed by atoms with Gasteiger partial charge in [0.2, 0.25) is 0 Å². The minimum Gasteiger partial charge on any atom is -0.488 e. The van der Waals surface area contributed by atoms with Gasteiger partial charge >= 0.3 is 0 Å². The van der Waals surface area contributed by atoms with E-state index in [4.69, 9.17) is 9.47 Å². The number of fused-ring (bicyclic) bond motifs is 1. The van der Waals surface area contributed by atoms with Crippen LogP contribution in [0, 0.1) is 0 Å². The Morgan fingerprint density at radius 3 is 3.00 bits per heavy atom. The first kappa shape index (κ1) is 13.4. The quantitative estimate of drug-likeness (QED) is 0.841. The summed E-state index contributed by atoms with van der Waals surface area (Å²) in [6.45, 7) is 5.83. The lowest BCUT2D eigenvalue weighted by Gasteiger charge is -2.17. The minimum atomic E-state index is 0.0969. The molecule has 3 nitrogen and oxygen atoms in total. The maximum absolute atomic E-state index is 5.97. The first-order valence-electron chi connectivity index (χ1n) is 6.77. The molecular formula is C15H23NO2. The van der Waals surface area contributed by atoms with E-state index in [0.717, 1.165) is 18.7 Å². The highest BCUT2D eigenvalue weighted by Crippen LogP contribution is 2.37. The molecule has 1 aromatic rings. The second kappa shape index (κ2) is 6.21. The zero-order chi connectivity index (χ0) is 13.0. The predicted octanol–water partition coefficient (Wildman–Crippen LogP) is 2.70. The molecule has 2 unspecified atom stereocenters. The van der Waals surface area contributed by atoms with E-state index in [1.54, 1.807) is 7.11 Å². The molecule has 0 amide bonds. The average molecular weight is 249 g/mol. The first-order valence-corrected chi connectivity index (χ1v) is 6.77. The monoisotopic (exact) mass is 249 g/mol. The highest BCUT2D eigenvalue weighted by molar-refractivity contribution is 5.45. The largest absolute Gasteiger partial charge is 0.488 e. The van der Waals surface area contributed by atoms with Gasteiger partial charge in [0.05, 0.1) is 6.61 Å². The van der Waals surface area contributed by atoms with Crippen LogP contribution in [0.5, 0.6) is 5.75 Å². The number of nitrogens with one attached hydrogen (secondary N) is 1. The van der Waals surface area contributed by atoms with Crippen molar-refractivity contribution in [1.82, 2.24) is 5.32 Å². The fourth-order valence-corrected chi connectivity index (χ4v) is 2.68. The lowest BCUT2D eigenvalue weighted by atomic mass is 10.1. The Kier molecular flexibility index (Phi) is 4.61. The molecule has 0 heterocycles. The molecule has 0 saturated heterocycles. The van der Waals surface area contributed by atoms with Crippen molar-refractivity contribution in [3.8, 4) is 5.75 Å². The zero-order valence-corrected chi connectivity index (χ0v) is 11.5. The molecule has 1 aliphatic carbocycles. The molecule has 0 aliphatic heterocycles. The molecule has 2 rings (SSSR count). The maximum Gasteiger partial charge on any atom is 0.123 e. The SMILES string of the molecule is CCNC1CCc2c(OC(C)COC)cccc21. The third kappa shape index (κ3) is 2.85. The van der Waals surface area contributed by atoms with E-state index in [9.17, 15) is 0 Å². The predicted molar refractivity (Wildman–Crippen MR) is 73.1 cm³/mol. The van der Waals surface area contributed by atoms with Gasteiger partial charge in [-0.1, -0.05) is 19.1 Å². The van der Waals surface area contributed by atoms with Crippen molar-refractivity contribution in [3.05, 3.63) is 29.3 Å². The molecule has 0 bridgehead atoms. The van der Waals surface area contributed by atoms with Crippen molar-refractivity contribution in [2.75, 3.05) is 20.3 Å². The first-order chi connectivity index (χ1) is 8.76. The van der Waals surface area contributed by atoms with Crippen LogP contribution in [-0.4, -0.2) is 26.4 Å². The lowest BCUT2D eigenvalue weighted by molar-refractivity contribution is 0.0915. The molecule has 2 atom stereocenters. The zero-order valence-electron chi connectivity index (χ0n) is 11.5. The van der Waals surface area contributed by atoms with Crippen LogP contribution >= 0.6 is 0 Å². The molecule has 1 N–H and O–H groups in total. The van der Waals surface area contributed by atoms with Crippen molar-refractivity contribution in [2.45, 2.75) is 38.8 Å². The summed E-state index contributed by atoms with van der Waals surface area (Å²) in [4.78, 5) is 0. The van der Waals surface area contributed by atoms with Gasteiger partial charge in [-0.15, -0.1) is 0 Å². The van der Waals surface area contributed by atoms with Crippen LogP contribution in [0.15, 0.2) is 18.2 Å². The van der Waals surface area contributed by atoms with Gasteiger partial charge < -0.3 is 14.8 Å². The molecule has 100 valence electrons. The van der Waals surface area contributed by atoms with E-state index >= 15 is 0 Å². The van der Waals surface area contributed by atoms with Crippen LogP contribution in [0.2, 0.25) is 0 Å². The molecule has 0 saturated carbocycles. The van der Waals surface area contributed by atoms with Crippen LogP contribution in [0.4, 0.5) is 0 Å². The van der Waals surface area contributed by atoms with E-state index in [1.807, 2.05) is 6.92 Å². The second-order valence-corrected chi connectivity index (χ2v) is 4.86. The topological polar surface area (TPSA) is 30.5 Å². The van der Waals surface area contributed by atoms with Gasteiger partial charge in [-0.05, 0) is 43.5 Å². The van der Waals surface area contributed by atoms with Crippen LogP contribution in [0.3, 0.4) is 0 Å². The Hall–Kier alpha value is -1.06. The highest BCUT2D eigenvalue weighted by Gasteiger charge is 2.24. The van der Waals surface area contributed by atoms with Gasteiger partial charge in [-0.25, -0.2) is 0 Å². The van der Waals surface area contributed by atoms with Crippen molar-refractivity contribution in [1.29, 1.82) is 0 Å². The minimum absolute atomic E-state index is 0.0969. The number of rotatable bonds is 6. The highest BCUT2D eigenvalue weighted by atomic mass is 16.5. The normalized spacial score (nSPS) is 19.6. The molecule has 0 aromatic heterocycles.